The number of benzene rings is 1. The summed E-state index contributed by atoms with van der Waals surface area (Å²) in [6.07, 6.45) is 1.48. The maximum Gasteiger partial charge on any atom is 0.219 e. The molecule has 2 rings (SSSR count). The predicted octanol–water partition coefficient (Wildman–Crippen LogP) is 2.81. The zero-order valence-electron chi connectivity index (χ0n) is 8.85. The molecule has 0 bridgehead atoms. The van der Waals surface area contributed by atoms with Crippen LogP contribution in [0.15, 0.2) is 42.6 Å². The second kappa shape index (κ2) is 4.84. The van der Waals surface area contributed by atoms with Crippen molar-refractivity contribution in [3.8, 4) is 11.6 Å². The second-order valence-corrected chi connectivity index (χ2v) is 3.74. The molecule has 0 fully saturated rings. The highest BCUT2D eigenvalue weighted by molar-refractivity contribution is 6.32. The Morgan fingerprint density at radius 1 is 1.24 bits per heavy atom. The lowest BCUT2D eigenvalue weighted by Gasteiger charge is -2.06. The number of hydrogen-bond donors (Lipinski definition) is 2. The monoisotopic (exact) mass is 247 g/mol. The molecule has 86 valence electrons. The molecular weight excluding hydrogens is 238 g/mol. The van der Waals surface area contributed by atoms with Crippen molar-refractivity contribution in [1.82, 2.24) is 4.98 Å². The van der Waals surface area contributed by atoms with E-state index in [0.717, 1.165) is 0 Å². The van der Waals surface area contributed by atoms with Gasteiger partial charge in [-0.25, -0.2) is 4.98 Å². The van der Waals surface area contributed by atoms with Crippen LogP contribution >= 0.6 is 11.6 Å². The molecule has 5 heteroatoms. The quantitative estimate of drug-likeness (QED) is 0.647. The molecule has 4 nitrogen and oxygen atoms in total. The number of para-hydroxylation sites is 1. The number of nitrogen functional groups attached to an aromatic ring is 1. The summed E-state index contributed by atoms with van der Waals surface area (Å²) in [5.74, 6) is 0.919. The third-order valence-corrected chi connectivity index (χ3v) is 2.41. The molecule has 0 unspecified atom stereocenters. The average molecular weight is 248 g/mol. The molecule has 0 aliphatic heterocycles. The zero-order valence-corrected chi connectivity index (χ0v) is 9.61. The van der Waals surface area contributed by atoms with Gasteiger partial charge in [-0.3, -0.25) is 5.41 Å². The Balaban J connectivity index is 2.20. The summed E-state index contributed by atoms with van der Waals surface area (Å²) in [4.78, 5) is 4.03. The Labute approximate surface area is 104 Å². The van der Waals surface area contributed by atoms with Crippen molar-refractivity contribution >= 4 is 17.4 Å². The van der Waals surface area contributed by atoms with Gasteiger partial charge in [0, 0.05) is 17.8 Å². The molecule has 17 heavy (non-hydrogen) atoms. The van der Waals surface area contributed by atoms with E-state index in [1.165, 1.54) is 6.20 Å². The molecule has 2 aromatic rings. The lowest BCUT2D eigenvalue weighted by Crippen LogP contribution is -2.11. The van der Waals surface area contributed by atoms with Gasteiger partial charge in [0.2, 0.25) is 5.88 Å². The largest absolute Gasteiger partial charge is 0.437 e. The van der Waals surface area contributed by atoms with E-state index in [4.69, 9.17) is 27.5 Å². The van der Waals surface area contributed by atoms with Gasteiger partial charge in [0.25, 0.3) is 0 Å². The molecule has 0 atom stereocenters. The fourth-order valence-corrected chi connectivity index (χ4v) is 1.41. The van der Waals surface area contributed by atoms with Crippen molar-refractivity contribution in [3.05, 3.63) is 53.2 Å². The summed E-state index contributed by atoms with van der Waals surface area (Å²) in [7, 11) is 0. The van der Waals surface area contributed by atoms with Gasteiger partial charge >= 0.3 is 0 Å². The first kappa shape index (κ1) is 11.4. The van der Waals surface area contributed by atoms with Crippen LogP contribution in [0.1, 0.15) is 5.56 Å². The zero-order chi connectivity index (χ0) is 12.3. The van der Waals surface area contributed by atoms with Gasteiger partial charge in [-0.15, -0.1) is 0 Å². The number of hydrogen-bond acceptors (Lipinski definition) is 3. The van der Waals surface area contributed by atoms with E-state index in [1.54, 1.807) is 24.3 Å². The van der Waals surface area contributed by atoms with Crippen LogP contribution < -0.4 is 10.5 Å². The number of nitrogens with zero attached hydrogens (tertiary/aromatic N) is 1. The normalized spacial score (nSPS) is 9.94. The van der Waals surface area contributed by atoms with E-state index in [1.807, 2.05) is 12.1 Å². The summed E-state index contributed by atoms with van der Waals surface area (Å²) < 4.78 is 5.49. The van der Waals surface area contributed by atoms with E-state index >= 15 is 0 Å². The van der Waals surface area contributed by atoms with Crippen molar-refractivity contribution < 1.29 is 4.74 Å². The Kier molecular flexibility index (Phi) is 3.25. The third kappa shape index (κ3) is 2.73. The topological polar surface area (TPSA) is 72.0 Å². The van der Waals surface area contributed by atoms with Gasteiger partial charge in [0.15, 0.2) is 0 Å². The molecule has 0 aliphatic carbocycles. The van der Waals surface area contributed by atoms with E-state index in [-0.39, 0.29) is 5.84 Å². The van der Waals surface area contributed by atoms with Crippen LogP contribution in [0, 0.1) is 5.41 Å². The lowest BCUT2D eigenvalue weighted by molar-refractivity contribution is 0.463. The SMILES string of the molecule is N=C(N)c1ccc(Oc2ccccc2Cl)nc1. The molecule has 1 heterocycles. The summed E-state index contributed by atoms with van der Waals surface area (Å²) in [6, 6.07) is 10.4. The predicted molar refractivity (Wildman–Crippen MR) is 66.8 cm³/mol. The molecule has 0 radical (unpaired) electrons. The van der Waals surface area contributed by atoms with Crippen molar-refractivity contribution in [3.63, 3.8) is 0 Å². The average Bonchev–Trinajstić information content (AvgIpc) is 2.33. The first-order valence-corrected chi connectivity index (χ1v) is 5.27. The standard InChI is InChI=1S/C12H10ClN3O/c13-9-3-1-2-4-10(9)17-11-6-5-8(7-16-11)12(14)15/h1-7H,(H3,14,15). The smallest absolute Gasteiger partial charge is 0.219 e. The number of nitrogens with two attached hydrogens (primary N) is 1. The molecule has 0 saturated heterocycles. The van der Waals surface area contributed by atoms with Gasteiger partial charge in [0.1, 0.15) is 11.6 Å². The van der Waals surface area contributed by atoms with Gasteiger partial charge in [-0.05, 0) is 18.2 Å². The van der Waals surface area contributed by atoms with E-state index < -0.39 is 0 Å². The Morgan fingerprint density at radius 2 is 2.00 bits per heavy atom. The highest BCUT2D eigenvalue weighted by Gasteiger charge is 2.03. The maximum absolute atomic E-state index is 7.24. The molecular formula is C12H10ClN3O. The molecule has 0 spiro atoms. The molecule has 0 saturated carbocycles. The number of ether oxygens (including phenoxy) is 1. The minimum absolute atomic E-state index is 0.0261. The highest BCUT2D eigenvalue weighted by atomic mass is 35.5. The van der Waals surface area contributed by atoms with Crippen LogP contribution in [0.25, 0.3) is 0 Å². The van der Waals surface area contributed by atoms with Crippen LogP contribution in [-0.4, -0.2) is 10.8 Å². The molecule has 1 aromatic carbocycles. The fraction of sp³-hybridized carbons (Fsp3) is 0. The van der Waals surface area contributed by atoms with E-state index in [0.29, 0.717) is 22.2 Å². The third-order valence-electron chi connectivity index (χ3n) is 2.10. The molecule has 0 aliphatic rings. The fourth-order valence-electron chi connectivity index (χ4n) is 1.24. The second-order valence-electron chi connectivity index (χ2n) is 3.33. The Morgan fingerprint density at radius 3 is 2.59 bits per heavy atom. The van der Waals surface area contributed by atoms with Crippen LogP contribution in [-0.2, 0) is 0 Å². The molecule has 1 aromatic heterocycles. The number of halogens is 1. The van der Waals surface area contributed by atoms with Gasteiger partial charge in [0.05, 0.1) is 5.02 Å². The van der Waals surface area contributed by atoms with Crippen molar-refractivity contribution in [2.24, 2.45) is 5.73 Å². The summed E-state index contributed by atoms with van der Waals surface area (Å²) in [6.45, 7) is 0. The number of amidine groups is 1. The van der Waals surface area contributed by atoms with Crippen molar-refractivity contribution in [2.45, 2.75) is 0 Å². The van der Waals surface area contributed by atoms with Crippen LogP contribution in [0.2, 0.25) is 5.02 Å². The van der Waals surface area contributed by atoms with Gasteiger partial charge < -0.3 is 10.5 Å². The Hall–Kier alpha value is -2.07. The summed E-state index contributed by atoms with van der Waals surface area (Å²) in [5.41, 5.74) is 5.87. The number of aromatic nitrogens is 1. The molecule has 3 N–H and O–H groups in total. The number of pyridine rings is 1. The minimum atomic E-state index is -0.0261. The minimum Gasteiger partial charge on any atom is -0.437 e. The lowest BCUT2D eigenvalue weighted by atomic mass is 10.3. The first-order chi connectivity index (χ1) is 8.16. The van der Waals surface area contributed by atoms with Crippen molar-refractivity contribution in [1.29, 1.82) is 5.41 Å². The van der Waals surface area contributed by atoms with E-state index in [2.05, 4.69) is 4.98 Å². The van der Waals surface area contributed by atoms with Crippen LogP contribution in [0.5, 0.6) is 11.6 Å². The van der Waals surface area contributed by atoms with E-state index in [9.17, 15) is 0 Å². The van der Waals surface area contributed by atoms with Gasteiger partial charge in [-0.2, -0.15) is 0 Å². The number of rotatable bonds is 3. The van der Waals surface area contributed by atoms with Crippen molar-refractivity contribution in [2.75, 3.05) is 0 Å². The van der Waals surface area contributed by atoms with Gasteiger partial charge in [-0.1, -0.05) is 23.7 Å². The summed E-state index contributed by atoms with van der Waals surface area (Å²) in [5, 5.41) is 7.76. The number of nitrogens with one attached hydrogen (secondary N) is 1. The highest BCUT2D eigenvalue weighted by Crippen LogP contribution is 2.27. The summed E-state index contributed by atoms with van der Waals surface area (Å²) >= 11 is 5.95. The molecule has 0 amide bonds. The van der Waals surface area contributed by atoms with Crippen LogP contribution in [0.3, 0.4) is 0 Å². The maximum atomic E-state index is 7.24. The Bertz CT molecular complexity index is 540. The first-order valence-electron chi connectivity index (χ1n) is 4.89. The van der Waals surface area contributed by atoms with Crippen LogP contribution in [0.4, 0.5) is 0 Å².